The van der Waals surface area contributed by atoms with Crippen LogP contribution in [-0.4, -0.2) is 27.8 Å². The molecule has 1 N–H and O–H groups in total. The zero-order valence-electron chi connectivity index (χ0n) is 13.2. The summed E-state index contributed by atoms with van der Waals surface area (Å²) in [5.41, 5.74) is -0.744. The molecule has 0 spiro atoms. The minimum Gasteiger partial charge on any atom is -0.379 e. The molecule has 0 saturated heterocycles. The molecule has 0 aliphatic heterocycles. The number of hydrogen-bond acceptors (Lipinski definition) is 2. The summed E-state index contributed by atoms with van der Waals surface area (Å²) in [5.74, 6) is 0. The fraction of sp³-hybridized carbons (Fsp3) is 0.368. The fourth-order valence-electron chi connectivity index (χ4n) is 3.27. The monoisotopic (exact) mass is 335 g/mol. The summed E-state index contributed by atoms with van der Waals surface area (Å²) in [5, 5.41) is 10.2. The van der Waals surface area contributed by atoms with E-state index in [0.29, 0.717) is 19.5 Å². The van der Waals surface area contributed by atoms with Gasteiger partial charge in [-0.3, -0.25) is 4.90 Å². The van der Waals surface area contributed by atoms with E-state index in [0.717, 1.165) is 11.1 Å². The Morgan fingerprint density at radius 2 is 1.38 bits per heavy atom. The van der Waals surface area contributed by atoms with Crippen molar-refractivity contribution in [1.82, 2.24) is 4.90 Å². The molecule has 1 saturated carbocycles. The second kappa shape index (κ2) is 6.57. The van der Waals surface area contributed by atoms with Crippen LogP contribution in [0.15, 0.2) is 60.7 Å². The molecule has 24 heavy (non-hydrogen) atoms. The fourth-order valence-corrected chi connectivity index (χ4v) is 3.27. The molecule has 5 heteroatoms. The Morgan fingerprint density at radius 3 is 1.71 bits per heavy atom. The summed E-state index contributed by atoms with van der Waals surface area (Å²) < 4.78 is 39.9. The lowest BCUT2D eigenvalue weighted by Gasteiger charge is -2.51. The summed E-state index contributed by atoms with van der Waals surface area (Å²) >= 11 is 0. The van der Waals surface area contributed by atoms with Crippen LogP contribution in [0.2, 0.25) is 0 Å². The first-order valence-electron chi connectivity index (χ1n) is 8.01. The van der Waals surface area contributed by atoms with Gasteiger partial charge in [0.05, 0.1) is 0 Å². The van der Waals surface area contributed by atoms with Crippen molar-refractivity contribution >= 4 is 0 Å². The molecule has 0 amide bonds. The second-order valence-electron chi connectivity index (χ2n) is 6.35. The number of alkyl halides is 3. The van der Waals surface area contributed by atoms with Gasteiger partial charge in [-0.05, 0) is 24.0 Å². The quantitative estimate of drug-likeness (QED) is 0.887. The minimum atomic E-state index is -4.61. The van der Waals surface area contributed by atoms with Gasteiger partial charge in [0.25, 0.3) is 0 Å². The van der Waals surface area contributed by atoms with Crippen molar-refractivity contribution in [2.24, 2.45) is 0 Å². The van der Waals surface area contributed by atoms with Gasteiger partial charge in [0, 0.05) is 19.1 Å². The van der Waals surface area contributed by atoms with Crippen molar-refractivity contribution in [3.63, 3.8) is 0 Å². The van der Waals surface area contributed by atoms with E-state index in [1.165, 1.54) is 0 Å². The van der Waals surface area contributed by atoms with E-state index in [4.69, 9.17) is 0 Å². The van der Waals surface area contributed by atoms with Crippen LogP contribution in [0, 0.1) is 0 Å². The Balaban J connectivity index is 1.85. The van der Waals surface area contributed by atoms with Gasteiger partial charge in [-0.1, -0.05) is 60.7 Å². The maximum Gasteiger partial charge on any atom is 0.418 e. The average Bonchev–Trinajstić information content (AvgIpc) is 2.54. The van der Waals surface area contributed by atoms with Crippen LogP contribution in [0.1, 0.15) is 24.0 Å². The lowest BCUT2D eigenvalue weighted by molar-refractivity contribution is -0.312. The number of aliphatic hydroxyl groups is 1. The number of benzene rings is 2. The van der Waals surface area contributed by atoms with E-state index in [1.807, 2.05) is 60.7 Å². The summed E-state index contributed by atoms with van der Waals surface area (Å²) in [4.78, 5) is 1.74. The van der Waals surface area contributed by atoms with E-state index >= 15 is 0 Å². The Kier molecular flexibility index (Phi) is 4.65. The Bertz CT molecular complexity index is 618. The number of nitrogens with zero attached hydrogens (tertiary/aromatic N) is 1. The van der Waals surface area contributed by atoms with Gasteiger partial charge < -0.3 is 5.11 Å². The molecule has 2 aromatic rings. The van der Waals surface area contributed by atoms with Crippen LogP contribution in [-0.2, 0) is 13.1 Å². The van der Waals surface area contributed by atoms with Crippen molar-refractivity contribution in [2.75, 3.05) is 0 Å². The average molecular weight is 335 g/mol. The Labute approximate surface area is 139 Å². The molecule has 2 atom stereocenters. The van der Waals surface area contributed by atoms with E-state index in [9.17, 15) is 18.3 Å². The van der Waals surface area contributed by atoms with Crippen molar-refractivity contribution in [1.29, 1.82) is 0 Å². The lowest BCUT2D eigenvalue weighted by atomic mass is 9.73. The van der Waals surface area contributed by atoms with Crippen LogP contribution in [0.25, 0.3) is 0 Å². The number of rotatable bonds is 5. The minimum absolute atomic E-state index is 0.235. The zero-order valence-corrected chi connectivity index (χ0v) is 13.2. The molecule has 1 aliphatic carbocycles. The van der Waals surface area contributed by atoms with Gasteiger partial charge in [0.15, 0.2) is 5.60 Å². The molecule has 2 nitrogen and oxygen atoms in total. The molecule has 128 valence electrons. The van der Waals surface area contributed by atoms with Gasteiger partial charge in [-0.15, -0.1) is 0 Å². The standard InChI is InChI=1S/C19H20F3NO/c20-19(21,22)18(24)12-11-17(18)23(13-15-7-3-1-4-8-15)14-16-9-5-2-6-10-16/h1-10,17,24H,11-14H2/t17-,18-/m0/s1. The highest BCUT2D eigenvalue weighted by molar-refractivity contribution is 5.19. The normalized spacial score (nSPS) is 24.0. The first kappa shape index (κ1) is 17.0. The second-order valence-corrected chi connectivity index (χ2v) is 6.35. The molecule has 2 aromatic carbocycles. The van der Waals surface area contributed by atoms with Crippen LogP contribution >= 0.6 is 0 Å². The summed E-state index contributed by atoms with van der Waals surface area (Å²) in [7, 11) is 0. The maximum absolute atomic E-state index is 13.3. The molecule has 0 radical (unpaired) electrons. The van der Waals surface area contributed by atoms with Gasteiger partial charge in [-0.2, -0.15) is 13.2 Å². The summed E-state index contributed by atoms with van der Waals surface area (Å²) in [6.07, 6.45) is -4.50. The topological polar surface area (TPSA) is 23.5 Å². The van der Waals surface area contributed by atoms with Crippen molar-refractivity contribution in [3.05, 3.63) is 71.8 Å². The Morgan fingerprint density at radius 1 is 0.917 bits per heavy atom. The summed E-state index contributed by atoms with van der Waals surface area (Å²) in [6, 6.07) is 17.9. The molecular weight excluding hydrogens is 315 g/mol. The van der Waals surface area contributed by atoms with Gasteiger partial charge in [0.1, 0.15) is 0 Å². The SMILES string of the molecule is O[C@@]1(C(F)(F)F)CC[C@@H]1N(Cc1ccccc1)Cc1ccccc1. The highest BCUT2D eigenvalue weighted by atomic mass is 19.4. The third-order valence-corrected chi connectivity index (χ3v) is 4.74. The van der Waals surface area contributed by atoms with Gasteiger partial charge in [0.2, 0.25) is 0 Å². The van der Waals surface area contributed by atoms with E-state index in [1.54, 1.807) is 4.90 Å². The molecule has 0 heterocycles. The van der Waals surface area contributed by atoms with Crippen molar-refractivity contribution in [2.45, 2.75) is 43.8 Å². The Hall–Kier alpha value is -1.85. The molecule has 0 unspecified atom stereocenters. The summed E-state index contributed by atoms with van der Waals surface area (Å²) in [6.45, 7) is 0.748. The van der Waals surface area contributed by atoms with Crippen LogP contribution in [0.5, 0.6) is 0 Å². The highest BCUT2D eigenvalue weighted by Crippen LogP contribution is 2.48. The third-order valence-electron chi connectivity index (χ3n) is 4.74. The smallest absolute Gasteiger partial charge is 0.379 e. The van der Waals surface area contributed by atoms with E-state index in [2.05, 4.69) is 0 Å². The van der Waals surface area contributed by atoms with E-state index < -0.39 is 17.8 Å². The van der Waals surface area contributed by atoms with E-state index in [-0.39, 0.29) is 6.42 Å². The van der Waals surface area contributed by atoms with Crippen LogP contribution in [0.4, 0.5) is 13.2 Å². The van der Waals surface area contributed by atoms with Crippen LogP contribution in [0.3, 0.4) is 0 Å². The molecule has 1 fully saturated rings. The number of halogens is 3. The van der Waals surface area contributed by atoms with Gasteiger partial charge >= 0.3 is 6.18 Å². The maximum atomic E-state index is 13.3. The first-order chi connectivity index (χ1) is 11.4. The lowest BCUT2D eigenvalue weighted by Crippen LogP contribution is -2.67. The highest BCUT2D eigenvalue weighted by Gasteiger charge is 2.64. The van der Waals surface area contributed by atoms with Crippen LogP contribution < -0.4 is 0 Å². The zero-order chi connectivity index (χ0) is 17.2. The first-order valence-corrected chi connectivity index (χ1v) is 8.01. The largest absolute Gasteiger partial charge is 0.418 e. The predicted molar refractivity (Wildman–Crippen MR) is 86.2 cm³/mol. The number of hydrogen-bond donors (Lipinski definition) is 1. The molecule has 0 aromatic heterocycles. The predicted octanol–water partition coefficient (Wildman–Crippen LogP) is 4.14. The molecule has 3 rings (SSSR count). The van der Waals surface area contributed by atoms with Gasteiger partial charge in [-0.25, -0.2) is 0 Å². The third kappa shape index (κ3) is 3.32. The molecule has 1 aliphatic rings. The van der Waals surface area contributed by atoms with Crippen molar-refractivity contribution in [3.8, 4) is 0 Å². The molecular formula is C19H20F3NO. The van der Waals surface area contributed by atoms with Crippen molar-refractivity contribution < 1.29 is 18.3 Å². The molecule has 0 bridgehead atoms.